The van der Waals surface area contributed by atoms with E-state index < -0.39 is 11.8 Å². The van der Waals surface area contributed by atoms with Gasteiger partial charge in [-0.3, -0.25) is 14.7 Å². The van der Waals surface area contributed by atoms with Gasteiger partial charge in [-0.2, -0.15) is 5.10 Å². The van der Waals surface area contributed by atoms with Crippen molar-refractivity contribution >= 4 is 40.0 Å². The van der Waals surface area contributed by atoms with E-state index in [4.69, 9.17) is 21.1 Å². The molecule has 0 spiro atoms. The lowest BCUT2D eigenvalue weighted by Gasteiger charge is -2.13. The van der Waals surface area contributed by atoms with Crippen LogP contribution in [0, 0.1) is 0 Å². The molecule has 33 heavy (non-hydrogen) atoms. The van der Waals surface area contributed by atoms with E-state index in [1.165, 1.54) is 6.07 Å². The summed E-state index contributed by atoms with van der Waals surface area (Å²) in [4.78, 5) is 25.8. The predicted octanol–water partition coefficient (Wildman–Crippen LogP) is 4.42. The molecule has 2 amide bonds. The summed E-state index contributed by atoms with van der Waals surface area (Å²) in [5.41, 5.74) is 2.35. The average molecular weight is 465 g/mol. The summed E-state index contributed by atoms with van der Waals surface area (Å²) in [6.07, 6.45) is 0. The molecule has 3 aromatic carbocycles. The molecule has 0 radical (unpaired) electrons. The fourth-order valence-electron chi connectivity index (χ4n) is 3.40. The molecular weight excluding hydrogens is 444 g/mol. The zero-order valence-electron chi connectivity index (χ0n) is 17.9. The zero-order chi connectivity index (χ0) is 23.4. The van der Waals surface area contributed by atoms with Crippen LogP contribution in [0.1, 0.15) is 26.4 Å². The molecule has 8 nitrogen and oxygen atoms in total. The van der Waals surface area contributed by atoms with Gasteiger partial charge in [0.2, 0.25) is 0 Å². The molecule has 1 heterocycles. The predicted molar refractivity (Wildman–Crippen MR) is 126 cm³/mol. The molecular formula is C24H21ClN4O4. The summed E-state index contributed by atoms with van der Waals surface area (Å²) in [7, 11) is 3.10. The smallest absolute Gasteiger partial charge is 0.276 e. The Hall–Kier alpha value is -4.04. The largest absolute Gasteiger partial charge is 0.493 e. The third kappa shape index (κ3) is 4.75. The monoisotopic (exact) mass is 464 g/mol. The van der Waals surface area contributed by atoms with Crippen molar-refractivity contribution in [2.45, 2.75) is 6.54 Å². The Morgan fingerprint density at radius 3 is 2.55 bits per heavy atom. The van der Waals surface area contributed by atoms with Crippen LogP contribution in [-0.4, -0.2) is 36.2 Å². The lowest BCUT2D eigenvalue weighted by atomic mass is 10.1. The highest BCUT2D eigenvalue weighted by Gasteiger charge is 2.18. The van der Waals surface area contributed by atoms with Crippen molar-refractivity contribution < 1.29 is 19.1 Å². The maximum absolute atomic E-state index is 13.0. The molecule has 0 fully saturated rings. The lowest BCUT2D eigenvalue weighted by molar-refractivity contribution is 0.0951. The molecule has 0 atom stereocenters. The molecule has 3 N–H and O–H groups in total. The van der Waals surface area contributed by atoms with Crippen LogP contribution in [0.3, 0.4) is 0 Å². The number of amides is 2. The van der Waals surface area contributed by atoms with E-state index in [0.717, 1.165) is 11.1 Å². The van der Waals surface area contributed by atoms with Crippen molar-refractivity contribution in [3.05, 3.63) is 82.5 Å². The number of ether oxygens (including phenoxy) is 2. The molecule has 4 aromatic rings. The Kier molecular flexibility index (Phi) is 6.46. The molecule has 1 aromatic heterocycles. The number of aromatic amines is 1. The van der Waals surface area contributed by atoms with Crippen molar-refractivity contribution in [3.8, 4) is 11.5 Å². The summed E-state index contributed by atoms with van der Waals surface area (Å²) in [5, 5.41) is 13.6. The quantitative estimate of drug-likeness (QED) is 0.375. The second-order valence-corrected chi connectivity index (χ2v) is 7.57. The second-order valence-electron chi connectivity index (χ2n) is 7.13. The molecule has 9 heteroatoms. The Bertz CT molecular complexity index is 1340. The fourth-order valence-corrected chi connectivity index (χ4v) is 3.57. The molecule has 168 valence electrons. The van der Waals surface area contributed by atoms with Crippen molar-refractivity contribution in [2.24, 2.45) is 0 Å². The minimum Gasteiger partial charge on any atom is -0.493 e. The third-order valence-corrected chi connectivity index (χ3v) is 5.30. The van der Waals surface area contributed by atoms with Crippen LogP contribution in [0.25, 0.3) is 10.9 Å². The topological polar surface area (TPSA) is 105 Å². The number of anilines is 1. The normalized spacial score (nSPS) is 10.6. The molecule has 0 aliphatic heterocycles. The number of H-pyrrole nitrogens is 1. The van der Waals surface area contributed by atoms with Gasteiger partial charge in [0, 0.05) is 17.0 Å². The highest BCUT2D eigenvalue weighted by Crippen LogP contribution is 2.28. The maximum Gasteiger partial charge on any atom is 0.276 e. The number of aromatic nitrogens is 2. The van der Waals surface area contributed by atoms with Crippen LogP contribution in [0.15, 0.2) is 60.7 Å². The summed E-state index contributed by atoms with van der Waals surface area (Å²) in [6, 6.07) is 17.4. The van der Waals surface area contributed by atoms with Crippen LogP contribution in [-0.2, 0) is 6.54 Å². The van der Waals surface area contributed by atoms with E-state index in [2.05, 4.69) is 20.8 Å². The van der Waals surface area contributed by atoms with E-state index in [9.17, 15) is 9.59 Å². The number of halogens is 1. The van der Waals surface area contributed by atoms with Gasteiger partial charge >= 0.3 is 0 Å². The fraction of sp³-hybridized carbons (Fsp3) is 0.125. The van der Waals surface area contributed by atoms with E-state index in [-0.39, 0.29) is 17.8 Å². The number of fused-ring (bicyclic) bond motifs is 1. The van der Waals surface area contributed by atoms with Gasteiger partial charge < -0.3 is 20.1 Å². The molecule has 0 unspecified atom stereocenters. The molecule has 4 rings (SSSR count). The summed E-state index contributed by atoms with van der Waals surface area (Å²) >= 11 is 6.12. The SMILES string of the molecule is COc1ccc(CNC(=O)c2cc(Cl)ccc2NC(=O)c2n[nH]c3ccccc23)cc1OC. The number of rotatable bonds is 7. The second kappa shape index (κ2) is 9.62. The van der Waals surface area contributed by atoms with Crippen LogP contribution in [0.4, 0.5) is 5.69 Å². The van der Waals surface area contributed by atoms with E-state index >= 15 is 0 Å². The number of para-hydroxylation sites is 1. The van der Waals surface area contributed by atoms with E-state index in [0.29, 0.717) is 27.6 Å². The molecule has 0 aliphatic rings. The first-order valence-corrected chi connectivity index (χ1v) is 10.4. The molecule has 0 saturated carbocycles. The Balaban J connectivity index is 1.53. The van der Waals surface area contributed by atoms with Crippen LogP contribution in [0.5, 0.6) is 11.5 Å². The summed E-state index contributed by atoms with van der Waals surface area (Å²) in [6.45, 7) is 0.239. The number of hydrogen-bond acceptors (Lipinski definition) is 5. The van der Waals surface area contributed by atoms with Gasteiger partial charge in [-0.05, 0) is 42.0 Å². The van der Waals surface area contributed by atoms with Crippen molar-refractivity contribution in [3.63, 3.8) is 0 Å². The third-order valence-electron chi connectivity index (χ3n) is 5.06. The van der Waals surface area contributed by atoms with E-state index in [1.54, 1.807) is 44.6 Å². The first-order chi connectivity index (χ1) is 16.0. The van der Waals surface area contributed by atoms with Gasteiger partial charge in [0.1, 0.15) is 0 Å². The van der Waals surface area contributed by atoms with Crippen LogP contribution in [0.2, 0.25) is 5.02 Å². The van der Waals surface area contributed by atoms with Crippen molar-refractivity contribution in [1.82, 2.24) is 15.5 Å². The van der Waals surface area contributed by atoms with Crippen LogP contribution >= 0.6 is 11.6 Å². The molecule has 0 saturated heterocycles. The number of methoxy groups -OCH3 is 2. The number of hydrogen-bond donors (Lipinski definition) is 3. The minimum absolute atomic E-state index is 0.233. The first kappa shape index (κ1) is 22.2. The Morgan fingerprint density at radius 1 is 0.970 bits per heavy atom. The summed E-state index contributed by atoms with van der Waals surface area (Å²) in [5.74, 6) is 0.322. The zero-order valence-corrected chi connectivity index (χ0v) is 18.7. The van der Waals surface area contributed by atoms with E-state index in [1.807, 2.05) is 24.3 Å². The highest BCUT2D eigenvalue weighted by atomic mass is 35.5. The Labute approximate surface area is 194 Å². The Morgan fingerprint density at radius 2 is 1.76 bits per heavy atom. The number of carbonyl (C=O) groups excluding carboxylic acids is 2. The highest BCUT2D eigenvalue weighted by molar-refractivity contribution is 6.31. The average Bonchev–Trinajstić information content (AvgIpc) is 3.27. The summed E-state index contributed by atoms with van der Waals surface area (Å²) < 4.78 is 10.5. The van der Waals surface area contributed by atoms with Gasteiger partial charge in [-0.25, -0.2) is 0 Å². The number of carbonyl (C=O) groups is 2. The van der Waals surface area contributed by atoms with Gasteiger partial charge in [-0.1, -0.05) is 35.9 Å². The van der Waals surface area contributed by atoms with Gasteiger partial charge in [0.15, 0.2) is 17.2 Å². The standard InChI is InChI=1S/C24H21ClN4O4/c1-32-20-10-7-14(11-21(20)33-2)13-26-23(30)17-12-15(25)8-9-18(17)27-24(31)22-16-5-3-4-6-19(16)28-29-22/h3-12H,13H2,1-2H3,(H,26,30)(H,27,31)(H,28,29). The lowest BCUT2D eigenvalue weighted by Crippen LogP contribution is -2.25. The van der Waals surface area contributed by atoms with Crippen molar-refractivity contribution in [1.29, 1.82) is 0 Å². The van der Waals surface area contributed by atoms with Crippen LogP contribution < -0.4 is 20.1 Å². The molecule has 0 bridgehead atoms. The number of benzene rings is 3. The number of nitrogens with one attached hydrogen (secondary N) is 3. The molecule has 0 aliphatic carbocycles. The van der Waals surface area contributed by atoms with Crippen molar-refractivity contribution in [2.75, 3.05) is 19.5 Å². The van der Waals surface area contributed by atoms with Gasteiger partial charge in [-0.15, -0.1) is 0 Å². The minimum atomic E-state index is -0.441. The number of nitrogens with zero attached hydrogens (tertiary/aromatic N) is 1. The van der Waals surface area contributed by atoms with Gasteiger partial charge in [0.25, 0.3) is 11.8 Å². The maximum atomic E-state index is 13.0. The first-order valence-electron chi connectivity index (χ1n) is 10.0. The van der Waals surface area contributed by atoms with Gasteiger partial charge in [0.05, 0.1) is 31.0 Å².